The summed E-state index contributed by atoms with van der Waals surface area (Å²) in [6.45, 7) is 0. The standard InChI is InChI=1S/C10H6.C8H6N2O14S3/c1-3-7-4-2-6-9-8(5-1)10(7)9;11-7(9-27(22,23)24)2-1-3(8(12)13)6(26(19,20)21)4(10(14)15)5(2)25(16,17)18/h1-6H;1H,(H,9,11)(H,12,13)(H,16,17,18)(H,19,20,21)(H,22,23,24). The van der Waals surface area contributed by atoms with Gasteiger partial charge in [0.2, 0.25) is 0 Å². The van der Waals surface area contributed by atoms with E-state index in [1.54, 1.807) is 0 Å². The average Bonchev–Trinajstić information content (AvgIpc) is 3.45. The molecule has 0 bridgehead atoms. The molecule has 37 heavy (non-hydrogen) atoms. The van der Waals surface area contributed by atoms with Crippen LogP contribution in [-0.4, -0.2) is 60.8 Å². The van der Waals surface area contributed by atoms with E-state index in [1.807, 2.05) is 0 Å². The maximum absolute atomic E-state index is 11.8. The summed E-state index contributed by atoms with van der Waals surface area (Å²) in [7, 11) is -17.1. The number of rotatable bonds is 6. The van der Waals surface area contributed by atoms with Gasteiger partial charge in [-0.3, -0.25) is 28.6 Å². The van der Waals surface area contributed by atoms with Crippen LogP contribution in [0.25, 0.3) is 21.9 Å². The number of fused-ring (bicyclic) bond motifs is 1. The summed E-state index contributed by atoms with van der Waals surface area (Å²) in [5.41, 5.74) is -2.80. The Hall–Kier alpha value is -4.01. The van der Waals surface area contributed by atoms with Crippen LogP contribution in [0, 0.1) is 10.1 Å². The Morgan fingerprint density at radius 3 is 1.62 bits per heavy atom. The molecule has 0 unspecified atom stereocenters. The zero-order valence-corrected chi connectivity index (χ0v) is 20.0. The van der Waals surface area contributed by atoms with Crippen LogP contribution in [0.1, 0.15) is 20.7 Å². The van der Waals surface area contributed by atoms with E-state index in [2.05, 4.69) is 36.4 Å². The van der Waals surface area contributed by atoms with Gasteiger partial charge in [-0.1, -0.05) is 36.4 Å². The minimum atomic E-state index is -5.88. The molecule has 0 spiro atoms. The minimum absolute atomic E-state index is 0.179. The van der Waals surface area contributed by atoms with Crippen molar-refractivity contribution in [2.45, 2.75) is 9.79 Å². The Labute approximate surface area is 206 Å². The van der Waals surface area contributed by atoms with Crippen molar-refractivity contribution in [3.63, 3.8) is 0 Å². The molecule has 0 saturated carbocycles. The zero-order chi connectivity index (χ0) is 28.1. The van der Waals surface area contributed by atoms with Gasteiger partial charge in [-0.25, -0.2) is 9.52 Å². The topological polar surface area (TPSA) is 273 Å². The van der Waals surface area contributed by atoms with Crippen LogP contribution >= 0.6 is 0 Å². The van der Waals surface area contributed by atoms with Gasteiger partial charge in [0.1, 0.15) is 0 Å². The second kappa shape index (κ2) is 9.14. The number of aromatic carboxylic acids is 1. The van der Waals surface area contributed by atoms with Gasteiger partial charge in [-0.15, -0.1) is 0 Å². The fourth-order valence-electron chi connectivity index (χ4n) is 3.41. The predicted molar refractivity (Wildman–Crippen MR) is 122 cm³/mol. The highest BCUT2D eigenvalue weighted by Crippen LogP contribution is 2.46. The van der Waals surface area contributed by atoms with Crippen molar-refractivity contribution in [1.29, 1.82) is 0 Å². The second-order valence-electron chi connectivity index (χ2n) is 7.11. The maximum atomic E-state index is 11.8. The molecule has 1 aliphatic carbocycles. The van der Waals surface area contributed by atoms with E-state index in [0.29, 0.717) is 0 Å². The van der Waals surface area contributed by atoms with Crippen LogP contribution in [-0.2, 0) is 30.5 Å². The van der Waals surface area contributed by atoms with E-state index in [4.69, 9.17) is 18.8 Å². The minimum Gasteiger partial charge on any atom is -0.478 e. The monoisotopic (exact) mass is 576 g/mol. The fraction of sp³-hybridized carbons (Fsp3) is 0. The van der Waals surface area contributed by atoms with Crippen molar-refractivity contribution >= 4 is 58.9 Å². The molecule has 3 aromatic carbocycles. The third-order valence-electron chi connectivity index (χ3n) is 4.74. The number of carbonyl (C=O) groups is 2. The molecule has 5 N–H and O–H groups in total. The van der Waals surface area contributed by atoms with Crippen molar-refractivity contribution < 1.29 is 58.5 Å². The van der Waals surface area contributed by atoms with Crippen molar-refractivity contribution in [3.05, 3.63) is 63.7 Å². The molecule has 1 amide bonds. The molecule has 0 saturated heterocycles. The Balaban J connectivity index is 0.000000307. The van der Waals surface area contributed by atoms with Gasteiger partial charge in [-0.05, 0) is 28.0 Å². The lowest BCUT2D eigenvalue weighted by atomic mass is 10.1. The molecular formula is C18H12N2O14S3. The molecule has 0 radical (unpaired) electrons. The normalized spacial score (nSPS) is 12.3. The average molecular weight is 576 g/mol. The fourth-order valence-corrected chi connectivity index (χ4v) is 5.52. The molecule has 0 aliphatic heterocycles. The van der Waals surface area contributed by atoms with E-state index in [0.717, 1.165) is 4.72 Å². The van der Waals surface area contributed by atoms with Crippen molar-refractivity contribution in [2.24, 2.45) is 0 Å². The molecule has 0 heterocycles. The number of hydrogen-bond donors (Lipinski definition) is 5. The molecule has 4 rings (SSSR count). The van der Waals surface area contributed by atoms with E-state index in [1.165, 1.54) is 21.9 Å². The molecule has 16 nitrogen and oxygen atoms in total. The lowest BCUT2D eigenvalue weighted by Gasteiger charge is -2.12. The van der Waals surface area contributed by atoms with Gasteiger partial charge in [0.05, 0.1) is 16.1 Å². The Morgan fingerprint density at radius 2 is 1.27 bits per heavy atom. The molecule has 1 aliphatic rings. The number of carboxylic acids is 1. The van der Waals surface area contributed by atoms with Gasteiger partial charge < -0.3 is 5.11 Å². The summed E-state index contributed by atoms with van der Waals surface area (Å²) < 4.78 is 94.3. The van der Waals surface area contributed by atoms with Gasteiger partial charge in [0, 0.05) is 0 Å². The maximum Gasteiger partial charge on any atom is 0.359 e. The molecule has 0 fully saturated rings. The first-order valence-corrected chi connectivity index (χ1v) is 13.5. The number of carbonyl (C=O) groups excluding carboxylic acids is 1. The van der Waals surface area contributed by atoms with Crippen LogP contribution in [0.15, 0.2) is 52.3 Å². The molecule has 0 atom stereocenters. The highest BCUT2D eigenvalue weighted by atomic mass is 32.2. The van der Waals surface area contributed by atoms with Crippen LogP contribution < -0.4 is 4.72 Å². The van der Waals surface area contributed by atoms with E-state index < -0.39 is 73.9 Å². The number of nitrogens with zero attached hydrogens (tertiary/aromatic N) is 1. The van der Waals surface area contributed by atoms with Crippen molar-refractivity contribution in [3.8, 4) is 11.1 Å². The van der Waals surface area contributed by atoms with Crippen LogP contribution in [0.4, 0.5) is 5.69 Å². The SMILES string of the molecule is O=C(O)c1cc(C(=O)NS(=O)(=O)O)c(S(=O)(=O)O)c([N+](=O)[O-])c1S(=O)(=O)O.c1cc2c3c-2cccc3c1. The van der Waals surface area contributed by atoms with Crippen LogP contribution in [0.5, 0.6) is 0 Å². The summed E-state index contributed by atoms with van der Waals surface area (Å²) in [6, 6.07) is 12.7. The van der Waals surface area contributed by atoms with E-state index in [-0.39, 0.29) is 6.07 Å². The van der Waals surface area contributed by atoms with Crippen LogP contribution in [0.3, 0.4) is 0 Å². The first-order valence-electron chi connectivity index (χ1n) is 9.20. The van der Waals surface area contributed by atoms with E-state index in [9.17, 15) is 45.0 Å². The Kier molecular flexibility index (Phi) is 6.81. The van der Waals surface area contributed by atoms with Crippen molar-refractivity contribution in [1.82, 2.24) is 4.72 Å². The second-order valence-corrected chi connectivity index (χ2v) is 11.0. The first kappa shape index (κ1) is 27.6. The number of carboxylic acid groups (broad SMARTS) is 1. The van der Waals surface area contributed by atoms with Crippen molar-refractivity contribution in [2.75, 3.05) is 0 Å². The Bertz CT molecular complexity index is 1810. The third-order valence-corrected chi connectivity index (χ3v) is 7.04. The van der Waals surface area contributed by atoms with Gasteiger partial charge in [-0.2, -0.15) is 25.3 Å². The first-order chi connectivity index (χ1) is 16.8. The number of benzene rings is 3. The van der Waals surface area contributed by atoms with Crippen LogP contribution in [0.2, 0.25) is 0 Å². The summed E-state index contributed by atoms with van der Waals surface area (Å²) >= 11 is 0. The highest BCUT2D eigenvalue weighted by Gasteiger charge is 2.42. The largest absolute Gasteiger partial charge is 0.478 e. The van der Waals surface area contributed by atoms with Gasteiger partial charge >= 0.3 is 42.2 Å². The highest BCUT2D eigenvalue weighted by molar-refractivity contribution is 7.87. The van der Waals surface area contributed by atoms with Gasteiger partial charge in [0.25, 0.3) is 5.91 Å². The molecule has 3 aromatic rings. The van der Waals surface area contributed by atoms with Gasteiger partial charge in [0.15, 0.2) is 9.79 Å². The quantitative estimate of drug-likeness (QED) is 0.122. The molecular weight excluding hydrogens is 564 g/mol. The molecule has 0 aromatic heterocycles. The summed E-state index contributed by atoms with van der Waals surface area (Å²) in [5, 5.41) is 23.0. The summed E-state index contributed by atoms with van der Waals surface area (Å²) in [6.07, 6.45) is 0. The smallest absolute Gasteiger partial charge is 0.359 e. The zero-order valence-electron chi connectivity index (χ0n) is 17.6. The number of nitrogens with one attached hydrogen (secondary N) is 1. The number of amides is 1. The Morgan fingerprint density at radius 1 is 0.811 bits per heavy atom. The third kappa shape index (κ3) is 5.71. The molecule has 196 valence electrons. The lowest BCUT2D eigenvalue weighted by Crippen LogP contribution is -2.32. The number of nitro benzene ring substituents is 1. The lowest BCUT2D eigenvalue weighted by molar-refractivity contribution is -0.391. The summed E-state index contributed by atoms with van der Waals surface area (Å²) in [4.78, 5) is 28.0. The number of nitro groups is 1. The number of hydrogen-bond acceptors (Lipinski definition) is 10. The summed E-state index contributed by atoms with van der Waals surface area (Å²) in [5.74, 6) is -4.51. The molecule has 19 heteroatoms. The predicted octanol–water partition coefficient (Wildman–Crippen LogP) is 1.14. The van der Waals surface area contributed by atoms with E-state index >= 15 is 0 Å².